The number of phenols is 1. The van der Waals surface area contributed by atoms with Gasteiger partial charge in [-0.15, -0.1) is 0 Å². The summed E-state index contributed by atoms with van der Waals surface area (Å²) < 4.78 is 0. The zero-order valence-corrected chi connectivity index (χ0v) is 7.67. The molecular formula is C9H12ClNO. The first-order valence-corrected chi connectivity index (χ1v) is 4.20. The summed E-state index contributed by atoms with van der Waals surface area (Å²) >= 11 is 5.64. The third-order valence-corrected chi connectivity index (χ3v) is 1.89. The molecule has 0 radical (unpaired) electrons. The molecule has 0 saturated heterocycles. The Bertz CT molecular complexity index is 273. The first-order valence-electron chi connectivity index (χ1n) is 3.82. The number of nitrogens with two attached hydrogens (primary N) is 1. The zero-order chi connectivity index (χ0) is 9.14. The van der Waals surface area contributed by atoms with E-state index in [1.807, 2.05) is 13.0 Å². The Morgan fingerprint density at radius 2 is 2.25 bits per heavy atom. The van der Waals surface area contributed by atoms with E-state index in [0.29, 0.717) is 5.02 Å². The van der Waals surface area contributed by atoms with Gasteiger partial charge in [-0.1, -0.05) is 17.7 Å². The molecule has 1 aromatic rings. The highest BCUT2D eigenvalue weighted by molar-refractivity contribution is 6.31. The number of hydrogen-bond donors (Lipinski definition) is 2. The lowest BCUT2D eigenvalue weighted by atomic mass is 10.1. The number of rotatable bonds is 2. The van der Waals surface area contributed by atoms with Crippen LogP contribution in [0.5, 0.6) is 5.75 Å². The van der Waals surface area contributed by atoms with E-state index in [9.17, 15) is 5.11 Å². The SMILES string of the molecule is CC(N)Cc1ccc(Cl)c(O)c1. The second kappa shape index (κ2) is 3.78. The smallest absolute Gasteiger partial charge is 0.134 e. The van der Waals surface area contributed by atoms with Gasteiger partial charge >= 0.3 is 0 Å². The summed E-state index contributed by atoms with van der Waals surface area (Å²) in [7, 11) is 0. The maximum Gasteiger partial charge on any atom is 0.134 e. The molecule has 0 aromatic heterocycles. The molecule has 3 N–H and O–H groups in total. The van der Waals surface area contributed by atoms with E-state index in [4.69, 9.17) is 17.3 Å². The number of halogens is 1. The molecule has 0 fully saturated rings. The Balaban J connectivity index is 2.82. The Morgan fingerprint density at radius 1 is 1.58 bits per heavy atom. The molecule has 0 saturated carbocycles. The van der Waals surface area contributed by atoms with Crippen LogP contribution in [0.15, 0.2) is 18.2 Å². The lowest BCUT2D eigenvalue weighted by molar-refractivity contribution is 0.474. The summed E-state index contributed by atoms with van der Waals surface area (Å²) in [5.41, 5.74) is 6.60. The van der Waals surface area contributed by atoms with Crippen LogP contribution < -0.4 is 5.73 Å². The fraction of sp³-hybridized carbons (Fsp3) is 0.333. The van der Waals surface area contributed by atoms with Crippen molar-refractivity contribution in [3.63, 3.8) is 0 Å². The third kappa shape index (κ3) is 2.40. The van der Waals surface area contributed by atoms with Gasteiger partial charge in [-0.2, -0.15) is 0 Å². The number of aromatic hydroxyl groups is 1. The summed E-state index contributed by atoms with van der Waals surface area (Å²) in [6.45, 7) is 1.92. The van der Waals surface area contributed by atoms with E-state index >= 15 is 0 Å². The number of hydrogen-bond acceptors (Lipinski definition) is 2. The van der Waals surface area contributed by atoms with E-state index in [-0.39, 0.29) is 11.8 Å². The summed E-state index contributed by atoms with van der Waals surface area (Å²) in [5, 5.41) is 9.62. The van der Waals surface area contributed by atoms with E-state index in [0.717, 1.165) is 12.0 Å². The van der Waals surface area contributed by atoms with Gasteiger partial charge in [0, 0.05) is 6.04 Å². The van der Waals surface area contributed by atoms with E-state index in [1.54, 1.807) is 12.1 Å². The van der Waals surface area contributed by atoms with Gasteiger partial charge in [0.2, 0.25) is 0 Å². The van der Waals surface area contributed by atoms with Gasteiger partial charge in [0.1, 0.15) is 5.75 Å². The molecular weight excluding hydrogens is 174 g/mol. The van der Waals surface area contributed by atoms with Gasteiger partial charge < -0.3 is 10.8 Å². The molecule has 0 aliphatic rings. The van der Waals surface area contributed by atoms with Crippen molar-refractivity contribution < 1.29 is 5.11 Å². The zero-order valence-electron chi connectivity index (χ0n) is 6.92. The molecule has 0 heterocycles. The molecule has 0 bridgehead atoms. The van der Waals surface area contributed by atoms with Crippen molar-refractivity contribution in [3.05, 3.63) is 28.8 Å². The molecule has 0 aliphatic heterocycles. The van der Waals surface area contributed by atoms with Crippen LogP contribution in [0.1, 0.15) is 12.5 Å². The van der Waals surface area contributed by atoms with Gasteiger partial charge in [0.15, 0.2) is 0 Å². The fourth-order valence-electron chi connectivity index (χ4n) is 1.06. The molecule has 66 valence electrons. The maximum atomic E-state index is 9.24. The van der Waals surface area contributed by atoms with Gasteiger partial charge in [0.25, 0.3) is 0 Å². The molecule has 0 aliphatic carbocycles. The number of phenolic OH excluding ortho intramolecular Hbond substituents is 1. The predicted octanol–water partition coefficient (Wildman–Crippen LogP) is 1.94. The first-order chi connectivity index (χ1) is 5.59. The minimum Gasteiger partial charge on any atom is -0.506 e. The van der Waals surface area contributed by atoms with E-state index in [1.165, 1.54) is 0 Å². The van der Waals surface area contributed by atoms with Crippen molar-refractivity contribution in [2.24, 2.45) is 5.73 Å². The molecule has 1 rings (SSSR count). The first kappa shape index (κ1) is 9.36. The fourth-order valence-corrected chi connectivity index (χ4v) is 1.17. The average molecular weight is 186 g/mol. The second-order valence-electron chi connectivity index (χ2n) is 2.97. The van der Waals surface area contributed by atoms with Crippen LogP contribution in [0.2, 0.25) is 5.02 Å². The highest BCUT2D eigenvalue weighted by atomic mass is 35.5. The standard InChI is InChI=1S/C9H12ClNO/c1-6(11)4-7-2-3-8(10)9(12)5-7/h2-3,5-6,12H,4,11H2,1H3. The Morgan fingerprint density at radius 3 is 2.75 bits per heavy atom. The topological polar surface area (TPSA) is 46.2 Å². The van der Waals surface area contributed by atoms with Gasteiger partial charge in [-0.25, -0.2) is 0 Å². The quantitative estimate of drug-likeness (QED) is 0.740. The largest absolute Gasteiger partial charge is 0.506 e. The van der Waals surface area contributed by atoms with Crippen LogP contribution in [-0.4, -0.2) is 11.1 Å². The minimum atomic E-state index is 0.102. The van der Waals surface area contributed by atoms with Crippen LogP contribution in [-0.2, 0) is 6.42 Å². The van der Waals surface area contributed by atoms with Crippen LogP contribution in [0, 0.1) is 0 Å². The van der Waals surface area contributed by atoms with Crippen molar-refractivity contribution in [3.8, 4) is 5.75 Å². The molecule has 1 aromatic carbocycles. The van der Waals surface area contributed by atoms with Crippen LogP contribution in [0.3, 0.4) is 0 Å². The molecule has 3 heteroatoms. The average Bonchev–Trinajstić information content (AvgIpc) is 1.96. The van der Waals surface area contributed by atoms with Crippen molar-refractivity contribution >= 4 is 11.6 Å². The Kier molecular flexibility index (Phi) is 2.95. The predicted molar refractivity (Wildman–Crippen MR) is 50.5 cm³/mol. The van der Waals surface area contributed by atoms with Gasteiger partial charge in [-0.3, -0.25) is 0 Å². The lowest BCUT2D eigenvalue weighted by Crippen LogP contribution is -2.17. The molecule has 1 atom stereocenters. The number of benzene rings is 1. The van der Waals surface area contributed by atoms with E-state index < -0.39 is 0 Å². The Labute approximate surface area is 77.0 Å². The molecule has 0 spiro atoms. The maximum absolute atomic E-state index is 9.24. The van der Waals surface area contributed by atoms with Crippen LogP contribution >= 0.6 is 11.6 Å². The van der Waals surface area contributed by atoms with Crippen molar-refractivity contribution in [2.75, 3.05) is 0 Å². The Hall–Kier alpha value is -0.730. The molecule has 1 unspecified atom stereocenters. The normalized spacial score (nSPS) is 12.9. The summed E-state index contributed by atoms with van der Waals surface area (Å²) in [6.07, 6.45) is 0.755. The van der Waals surface area contributed by atoms with Crippen LogP contribution in [0.25, 0.3) is 0 Å². The summed E-state index contributed by atoms with van der Waals surface area (Å²) in [6, 6.07) is 5.29. The summed E-state index contributed by atoms with van der Waals surface area (Å²) in [4.78, 5) is 0. The monoisotopic (exact) mass is 185 g/mol. The van der Waals surface area contributed by atoms with Crippen molar-refractivity contribution in [1.29, 1.82) is 0 Å². The van der Waals surface area contributed by atoms with Gasteiger partial charge in [-0.05, 0) is 31.0 Å². The van der Waals surface area contributed by atoms with E-state index in [2.05, 4.69) is 0 Å². The van der Waals surface area contributed by atoms with Gasteiger partial charge in [0.05, 0.1) is 5.02 Å². The third-order valence-electron chi connectivity index (χ3n) is 1.57. The minimum absolute atomic E-state index is 0.102. The molecule has 12 heavy (non-hydrogen) atoms. The van der Waals surface area contributed by atoms with Crippen molar-refractivity contribution in [1.82, 2.24) is 0 Å². The lowest BCUT2D eigenvalue weighted by Gasteiger charge is -2.05. The summed E-state index contributed by atoms with van der Waals surface area (Å²) in [5.74, 6) is 0.120. The molecule has 0 amide bonds. The highest BCUT2D eigenvalue weighted by Gasteiger charge is 2.01. The van der Waals surface area contributed by atoms with Crippen LogP contribution in [0.4, 0.5) is 0 Å². The second-order valence-corrected chi connectivity index (χ2v) is 3.37. The van der Waals surface area contributed by atoms with Crippen molar-refractivity contribution in [2.45, 2.75) is 19.4 Å². The highest BCUT2D eigenvalue weighted by Crippen LogP contribution is 2.23. The molecule has 2 nitrogen and oxygen atoms in total.